The lowest BCUT2D eigenvalue weighted by atomic mass is 10.0. The molecule has 1 atom stereocenters. The molecule has 0 saturated carbocycles. The Balaban J connectivity index is 2.03. The predicted molar refractivity (Wildman–Crippen MR) is 77.1 cm³/mol. The fourth-order valence-electron chi connectivity index (χ4n) is 2.14. The Bertz CT molecular complexity index is 684. The molecule has 0 spiro atoms. The van der Waals surface area contributed by atoms with Gasteiger partial charge in [0.05, 0.1) is 0 Å². The van der Waals surface area contributed by atoms with Crippen LogP contribution < -0.4 is 0 Å². The van der Waals surface area contributed by atoms with Crippen molar-refractivity contribution in [3.05, 3.63) is 69.9 Å². The molecule has 0 amide bonds. The third-order valence-electron chi connectivity index (χ3n) is 3.12. The molecule has 1 N–H and O–H groups in total. The number of thiophene rings is 1. The van der Waals surface area contributed by atoms with Crippen molar-refractivity contribution in [2.24, 2.45) is 0 Å². The Morgan fingerprint density at radius 3 is 2.44 bits per heavy atom. The van der Waals surface area contributed by atoms with E-state index in [9.17, 15) is 5.11 Å². The summed E-state index contributed by atoms with van der Waals surface area (Å²) in [6.45, 7) is 2.06. The average Bonchev–Trinajstić information content (AvgIpc) is 2.84. The van der Waals surface area contributed by atoms with E-state index in [1.165, 1.54) is 15.6 Å². The van der Waals surface area contributed by atoms with Gasteiger partial charge >= 0.3 is 0 Å². The van der Waals surface area contributed by atoms with E-state index < -0.39 is 6.10 Å². The molecule has 0 saturated heterocycles. The second-order valence-corrected chi connectivity index (χ2v) is 5.78. The smallest absolute Gasteiger partial charge is 0.113 e. The molecule has 2 heteroatoms. The summed E-state index contributed by atoms with van der Waals surface area (Å²) in [5.74, 6) is 0. The summed E-state index contributed by atoms with van der Waals surface area (Å²) in [5, 5.41) is 12.7. The number of benzene rings is 2. The van der Waals surface area contributed by atoms with Crippen LogP contribution >= 0.6 is 11.3 Å². The van der Waals surface area contributed by atoms with Crippen LogP contribution in [0, 0.1) is 6.92 Å². The van der Waals surface area contributed by atoms with E-state index in [-0.39, 0.29) is 0 Å². The van der Waals surface area contributed by atoms with Crippen molar-refractivity contribution in [2.45, 2.75) is 13.0 Å². The molecule has 0 fully saturated rings. The van der Waals surface area contributed by atoms with Crippen molar-refractivity contribution < 1.29 is 5.11 Å². The normalized spacial score (nSPS) is 12.8. The van der Waals surface area contributed by atoms with E-state index in [0.29, 0.717) is 0 Å². The van der Waals surface area contributed by atoms with Crippen molar-refractivity contribution >= 4 is 22.1 Å². The van der Waals surface area contributed by atoms with Crippen LogP contribution in [0.5, 0.6) is 0 Å². The van der Waals surface area contributed by atoms with Gasteiger partial charge in [0.25, 0.3) is 0 Å². The second kappa shape index (κ2) is 4.56. The molecule has 0 aliphatic rings. The number of aryl methyl sites for hydroxylation is 1. The van der Waals surface area contributed by atoms with E-state index in [2.05, 4.69) is 31.2 Å². The SMILES string of the molecule is Cc1ccc([C@H](O)c2ccc3ccccc3c2)s1. The monoisotopic (exact) mass is 254 g/mol. The van der Waals surface area contributed by atoms with E-state index >= 15 is 0 Å². The molecule has 0 aliphatic carbocycles. The van der Waals surface area contributed by atoms with Gasteiger partial charge in [-0.1, -0.05) is 36.4 Å². The molecular formula is C16H14OS. The number of aliphatic hydroxyl groups is 1. The maximum Gasteiger partial charge on any atom is 0.113 e. The first kappa shape index (κ1) is 11.5. The molecule has 3 rings (SSSR count). The lowest BCUT2D eigenvalue weighted by Crippen LogP contribution is -1.96. The van der Waals surface area contributed by atoms with E-state index in [1.54, 1.807) is 11.3 Å². The van der Waals surface area contributed by atoms with Gasteiger partial charge in [-0.15, -0.1) is 11.3 Å². The molecule has 90 valence electrons. The number of hydrogen-bond donors (Lipinski definition) is 1. The molecule has 2 aromatic carbocycles. The maximum absolute atomic E-state index is 10.4. The molecule has 1 nitrogen and oxygen atoms in total. The van der Waals surface area contributed by atoms with Crippen LogP contribution in [0.15, 0.2) is 54.6 Å². The zero-order valence-corrected chi connectivity index (χ0v) is 10.9. The summed E-state index contributed by atoms with van der Waals surface area (Å²) in [6.07, 6.45) is -0.520. The van der Waals surface area contributed by atoms with Crippen molar-refractivity contribution in [1.82, 2.24) is 0 Å². The molecule has 0 unspecified atom stereocenters. The van der Waals surface area contributed by atoms with Crippen LogP contribution in [0.2, 0.25) is 0 Å². The minimum atomic E-state index is -0.520. The molecule has 0 bridgehead atoms. The van der Waals surface area contributed by atoms with Crippen molar-refractivity contribution in [3.8, 4) is 0 Å². The molecule has 0 aliphatic heterocycles. The fourth-order valence-corrected chi connectivity index (χ4v) is 3.03. The summed E-state index contributed by atoms with van der Waals surface area (Å²) in [4.78, 5) is 2.23. The van der Waals surface area contributed by atoms with Crippen LogP contribution in [0.3, 0.4) is 0 Å². The number of aliphatic hydroxyl groups excluding tert-OH is 1. The van der Waals surface area contributed by atoms with Gasteiger partial charge < -0.3 is 5.11 Å². The third kappa shape index (κ3) is 2.05. The minimum Gasteiger partial charge on any atom is -0.383 e. The topological polar surface area (TPSA) is 20.2 Å². The third-order valence-corrected chi connectivity index (χ3v) is 4.17. The predicted octanol–water partition coefficient (Wildman–Crippen LogP) is 4.29. The van der Waals surface area contributed by atoms with Gasteiger partial charge in [0.1, 0.15) is 6.10 Å². The average molecular weight is 254 g/mol. The Morgan fingerprint density at radius 2 is 1.72 bits per heavy atom. The Morgan fingerprint density at radius 1 is 0.944 bits per heavy atom. The highest BCUT2D eigenvalue weighted by Crippen LogP contribution is 2.29. The standard InChI is InChI=1S/C16H14OS/c1-11-6-9-15(18-11)16(17)14-8-7-12-4-2-3-5-13(12)10-14/h2-10,16-17H,1H3/t16-/m1/s1. The van der Waals surface area contributed by atoms with Crippen LogP contribution in [-0.4, -0.2) is 5.11 Å². The quantitative estimate of drug-likeness (QED) is 0.723. The van der Waals surface area contributed by atoms with Gasteiger partial charge in [-0.05, 0) is 41.5 Å². The zero-order valence-electron chi connectivity index (χ0n) is 10.1. The highest BCUT2D eigenvalue weighted by atomic mass is 32.1. The first-order chi connectivity index (χ1) is 8.74. The molecule has 0 radical (unpaired) electrons. The molecular weight excluding hydrogens is 240 g/mol. The molecule has 1 aromatic heterocycles. The van der Waals surface area contributed by atoms with Crippen molar-refractivity contribution in [3.63, 3.8) is 0 Å². The first-order valence-electron chi connectivity index (χ1n) is 5.97. The Labute approximate surface area is 110 Å². The van der Waals surface area contributed by atoms with Crippen LogP contribution in [0.25, 0.3) is 10.8 Å². The summed E-state index contributed by atoms with van der Waals surface area (Å²) in [7, 11) is 0. The van der Waals surface area contributed by atoms with Crippen LogP contribution in [0.1, 0.15) is 21.4 Å². The zero-order chi connectivity index (χ0) is 12.5. The number of rotatable bonds is 2. The van der Waals surface area contributed by atoms with Gasteiger partial charge in [-0.25, -0.2) is 0 Å². The summed E-state index contributed by atoms with van der Waals surface area (Å²) in [5.41, 5.74) is 0.954. The minimum absolute atomic E-state index is 0.520. The van der Waals surface area contributed by atoms with Crippen LogP contribution in [-0.2, 0) is 0 Å². The molecule has 3 aromatic rings. The number of hydrogen-bond acceptors (Lipinski definition) is 2. The highest BCUT2D eigenvalue weighted by Gasteiger charge is 2.12. The lowest BCUT2D eigenvalue weighted by molar-refractivity contribution is 0.224. The Hall–Kier alpha value is -1.64. The number of fused-ring (bicyclic) bond motifs is 1. The van der Waals surface area contributed by atoms with E-state index in [4.69, 9.17) is 0 Å². The molecule has 1 heterocycles. The summed E-state index contributed by atoms with van der Waals surface area (Å²) >= 11 is 1.65. The lowest BCUT2D eigenvalue weighted by Gasteiger charge is -2.10. The first-order valence-corrected chi connectivity index (χ1v) is 6.79. The van der Waals surface area contributed by atoms with Gasteiger partial charge in [-0.2, -0.15) is 0 Å². The van der Waals surface area contributed by atoms with E-state index in [1.807, 2.05) is 30.3 Å². The van der Waals surface area contributed by atoms with Gasteiger partial charge in [0, 0.05) is 9.75 Å². The highest BCUT2D eigenvalue weighted by molar-refractivity contribution is 7.12. The largest absolute Gasteiger partial charge is 0.383 e. The van der Waals surface area contributed by atoms with Gasteiger partial charge in [0.15, 0.2) is 0 Å². The Kier molecular flexibility index (Phi) is 2.90. The van der Waals surface area contributed by atoms with E-state index in [0.717, 1.165) is 10.4 Å². The fraction of sp³-hybridized carbons (Fsp3) is 0.125. The maximum atomic E-state index is 10.4. The van der Waals surface area contributed by atoms with Crippen LogP contribution in [0.4, 0.5) is 0 Å². The molecule has 18 heavy (non-hydrogen) atoms. The van der Waals surface area contributed by atoms with Crippen molar-refractivity contribution in [2.75, 3.05) is 0 Å². The van der Waals surface area contributed by atoms with Gasteiger partial charge in [0.2, 0.25) is 0 Å². The summed E-state index contributed by atoms with van der Waals surface area (Å²) < 4.78 is 0. The van der Waals surface area contributed by atoms with Gasteiger partial charge in [-0.3, -0.25) is 0 Å². The van der Waals surface area contributed by atoms with Crippen molar-refractivity contribution in [1.29, 1.82) is 0 Å². The summed E-state index contributed by atoms with van der Waals surface area (Å²) in [6, 6.07) is 18.4. The second-order valence-electron chi connectivity index (χ2n) is 4.46.